The largest absolute Gasteiger partial charge is 0.451 e. The van der Waals surface area contributed by atoms with Crippen molar-refractivity contribution in [3.63, 3.8) is 0 Å². The summed E-state index contributed by atoms with van der Waals surface area (Å²) in [6, 6.07) is 1.83. The highest BCUT2D eigenvalue weighted by atomic mass is 19.4. The molecule has 2 rings (SSSR count). The van der Waals surface area contributed by atoms with Gasteiger partial charge in [-0.15, -0.1) is 0 Å². The first-order valence-corrected chi connectivity index (χ1v) is 6.29. The number of hydrogen-bond acceptors (Lipinski definition) is 4. The van der Waals surface area contributed by atoms with E-state index in [1.807, 2.05) is 6.92 Å². The zero-order chi connectivity index (χ0) is 14.0. The summed E-state index contributed by atoms with van der Waals surface area (Å²) in [5.41, 5.74) is 0.307. The topological polar surface area (TPSA) is 49.8 Å². The van der Waals surface area contributed by atoms with Crippen LogP contribution in [0.2, 0.25) is 0 Å². The standard InChI is InChI=1S/C12H17F3N4/c1-7-6-10(19-11(17-7)12(13,14)15)18-9-4-3-5-16-8(9)2/h6,8-9,16H,3-5H2,1-2H3,(H,17,18,19)/t8?,9-/m0/s1. The first-order chi connectivity index (χ1) is 8.86. The number of rotatable bonds is 2. The van der Waals surface area contributed by atoms with E-state index in [-0.39, 0.29) is 17.9 Å². The maximum Gasteiger partial charge on any atom is 0.451 e. The molecule has 0 amide bonds. The van der Waals surface area contributed by atoms with Gasteiger partial charge in [0.05, 0.1) is 0 Å². The molecule has 0 radical (unpaired) electrons. The molecule has 0 saturated carbocycles. The van der Waals surface area contributed by atoms with Crippen LogP contribution in [-0.4, -0.2) is 28.6 Å². The summed E-state index contributed by atoms with van der Waals surface area (Å²) in [5.74, 6) is -0.855. The van der Waals surface area contributed by atoms with E-state index in [4.69, 9.17) is 0 Å². The highest BCUT2D eigenvalue weighted by Crippen LogP contribution is 2.27. The van der Waals surface area contributed by atoms with E-state index in [0.29, 0.717) is 5.69 Å². The van der Waals surface area contributed by atoms with Crippen LogP contribution >= 0.6 is 0 Å². The number of halogens is 3. The van der Waals surface area contributed by atoms with Crippen molar-refractivity contribution >= 4 is 5.82 Å². The van der Waals surface area contributed by atoms with Crippen LogP contribution in [0.25, 0.3) is 0 Å². The van der Waals surface area contributed by atoms with E-state index in [1.165, 1.54) is 13.0 Å². The fourth-order valence-corrected chi connectivity index (χ4v) is 2.20. The van der Waals surface area contributed by atoms with Crippen LogP contribution in [0.5, 0.6) is 0 Å². The molecule has 1 saturated heterocycles. The molecular formula is C12H17F3N4. The van der Waals surface area contributed by atoms with Crippen LogP contribution in [0.4, 0.5) is 19.0 Å². The van der Waals surface area contributed by atoms with Crippen molar-refractivity contribution in [2.45, 2.75) is 44.9 Å². The second-order valence-electron chi connectivity index (χ2n) is 4.85. The SMILES string of the molecule is Cc1cc(N[C@H]2CCCNC2C)nc(C(F)(F)F)n1. The summed E-state index contributed by atoms with van der Waals surface area (Å²) in [4.78, 5) is 6.98. The second-order valence-corrected chi connectivity index (χ2v) is 4.85. The van der Waals surface area contributed by atoms with Crippen LogP contribution in [-0.2, 0) is 6.18 Å². The molecule has 0 bridgehead atoms. The summed E-state index contributed by atoms with van der Waals surface area (Å²) in [7, 11) is 0. The lowest BCUT2D eigenvalue weighted by Gasteiger charge is -2.31. The Balaban J connectivity index is 2.18. The normalized spacial score (nSPS) is 24.3. The Kier molecular flexibility index (Phi) is 3.93. The molecule has 0 aromatic carbocycles. The number of nitrogens with one attached hydrogen (secondary N) is 2. The van der Waals surface area contributed by atoms with Gasteiger partial charge in [0, 0.05) is 23.8 Å². The number of alkyl halides is 3. The van der Waals surface area contributed by atoms with E-state index in [9.17, 15) is 13.2 Å². The van der Waals surface area contributed by atoms with Gasteiger partial charge in [0.1, 0.15) is 5.82 Å². The maximum absolute atomic E-state index is 12.6. The molecule has 1 aliphatic heterocycles. The Morgan fingerprint density at radius 2 is 2.11 bits per heavy atom. The van der Waals surface area contributed by atoms with Crippen molar-refractivity contribution in [1.82, 2.24) is 15.3 Å². The first kappa shape index (κ1) is 14.0. The molecule has 0 aliphatic carbocycles. The van der Waals surface area contributed by atoms with Gasteiger partial charge in [-0.2, -0.15) is 13.2 Å². The van der Waals surface area contributed by atoms with Crippen LogP contribution < -0.4 is 10.6 Å². The fourth-order valence-electron chi connectivity index (χ4n) is 2.20. The molecule has 0 spiro atoms. The van der Waals surface area contributed by atoms with Gasteiger partial charge in [-0.25, -0.2) is 9.97 Å². The molecule has 1 aliphatic rings. The van der Waals surface area contributed by atoms with Gasteiger partial charge in [0.2, 0.25) is 5.82 Å². The number of aryl methyl sites for hydroxylation is 1. The quantitative estimate of drug-likeness (QED) is 0.869. The van der Waals surface area contributed by atoms with Gasteiger partial charge in [0.15, 0.2) is 0 Å². The molecule has 1 fully saturated rings. The maximum atomic E-state index is 12.6. The van der Waals surface area contributed by atoms with Gasteiger partial charge in [-0.1, -0.05) is 0 Å². The number of nitrogens with zero attached hydrogens (tertiary/aromatic N) is 2. The van der Waals surface area contributed by atoms with Crippen LogP contribution in [0.1, 0.15) is 31.3 Å². The Morgan fingerprint density at radius 1 is 1.37 bits per heavy atom. The minimum atomic E-state index is -4.51. The minimum Gasteiger partial charge on any atom is -0.366 e. The highest BCUT2D eigenvalue weighted by molar-refractivity contribution is 5.38. The van der Waals surface area contributed by atoms with E-state index >= 15 is 0 Å². The third-order valence-electron chi connectivity index (χ3n) is 3.20. The Morgan fingerprint density at radius 3 is 2.74 bits per heavy atom. The average Bonchev–Trinajstić information content (AvgIpc) is 2.30. The molecule has 1 aromatic heterocycles. The fraction of sp³-hybridized carbons (Fsp3) is 0.667. The molecule has 106 valence electrons. The summed E-state index contributed by atoms with van der Waals surface area (Å²) in [6.07, 6.45) is -2.60. The molecule has 7 heteroatoms. The number of hydrogen-bond donors (Lipinski definition) is 2. The van der Waals surface area contributed by atoms with Crippen molar-refractivity contribution in [3.05, 3.63) is 17.6 Å². The first-order valence-electron chi connectivity index (χ1n) is 6.29. The van der Waals surface area contributed by atoms with Gasteiger partial charge in [-0.3, -0.25) is 0 Å². The van der Waals surface area contributed by atoms with Crippen LogP contribution in [0, 0.1) is 6.92 Å². The van der Waals surface area contributed by atoms with Crippen molar-refractivity contribution < 1.29 is 13.2 Å². The van der Waals surface area contributed by atoms with Gasteiger partial charge < -0.3 is 10.6 Å². The molecule has 2 heterocycles. The van der Waals surface area contributed by atoms with Gasteiger partial charge in [-0.05, 0) is 33.2 Å². The predicted molar refractivity (Wildman–Crippen MR) is 65.9 cm³/mol. The van der Waals surface area contributed by atoms with Crippen LogP contribution in [0.15, 0.2) is 6.07 Å². The Labute approximate surface area is 109 Å². The minimum absolute atomic E-state index is 0.0872. The lowest BCUT2D eigenvalue weighted by atomic mass is 10.00. The van der Waals surface area contributed by atoms with Crippen molar-refractivity contribution in [2.24, 2.45) is 0 Å². The number of piperidine rings is 1. The van der Waals surface area contributed by atoms with Gasteiger partial charge in [0.25, 0.3) is 0 Å². The van der Waals surface area contributed by atoms with E-state index < -0.39 is 12.0 Å². The Hall–Kier alpha value is -1.37. The molecule has 2 atom stereocenters. The monoisotopic (exact) mass is 274 g/mol. The lowest BCUT2D eigenvalue weighted by molar-refractivity contribution is -0.145. The highest BCUT2D eigenvalue weighted by Gasteiger charge is 2.35. The van der Waals surface area contributed by atoms with E-state index in [2.05, 4.69) is 20.6 Å². The smallest absolute Gasteiger partial charge is 0.366 e. The van der Waals surface area contributed by atoms with E-state index in [1.54, 1.807) is 0 Å². The molecular weight excluding hydrogens is 257 g/mol. The molecule has 2 N–H and O–H groups in total. The van der Waals surface area contributed by atoms with Crippen molar-refractivity contribution in [2.75, 3.05) is 11.9 Å². The summed E-state index contributed by atoms with van der Waals surface area (Å²) in [6.45, 7) is 4.48. The second kappa shape index (κ2) is 5.32. The van der Waals surface area contributed by atoms with Gasteiger partial charge >= 0.3 is 6.18 Å². The number of aromatic nitrogens is 2. The Bertz CT molecular complexity index is 447. The molecule has 1 unspecified atom stereocenters. The zero-order valence-corrected chi connectivity index (χ0v) is 10.9. The summed E-state index contributed by atoms with van der Waals surface area (Å²) >= 11 is 0. The third-order valence-corrected chi connectivity index (χ3v) is 3.20. The van der Waals surface area contributed by atoms with Crippen molar-refractivity contribution in [1.29, 1.82) is 0 Å². The van der Waals surface area contributed by atoms with Crippen LogP contribution in [0.3, 0.4) is 0 Å². The predicted octanol–water partition coefficient (Wildman–Crippen LogP) is 2.36. The average molecular weight is 274 g/mol. The summed E-state index contributed by atoms with van der Waals surface area (Å²) < 4.78 is 37.9. The third kappa shape index (κ3) is 3.56. The number of anilines is 1. The lowest BCUT2D eigenvalue weighted by Crippen LogP contribution is -2.46. The van der Waals surface area contributed by atoms with Crippen molar-refractivity contribution in [3.8, 4) is 0 Å². The molecule has 19 heavy (non-hydrogen) atoms. The zero-order valence-electron chi connectivity index (χ0n) is 10.9. The van der Waals surface area contributed by atoms with E-state index in [0.717, 1.165) is 19.4 Å². The summed E-state index contributed by atoms with van der Waals surface area (Å²) in [5, 5.41) is 6.35. The molecule has 4 nitrogen and oxygen atoms in total. The molecule has 1 aromatic rings.